The van der Waals surface area contributed by atoms with Crippen molar-refractivity contribution in [2.45, 2.75) is 45.1 Å². The first-order valence-corrected chi connectivity index (χ1v) is 10.5. The second-order valence-corrected chi connectivity index (χ2v) is 8.47. The fourth-order valence-corrected chi connectivity index (χ4v) is 3.34. The van der Waals surface area contributed by atoms with Crippen LogP contribution in [0.5, 0.6) is 0 Å². The second kappa shape index (κ2) is 8.89. The maximum absolute atomic E-state index is 14.3. The molecule has 4 heterocycles. The van der Waals surface area contributed by atoms with Crippen LogP contribution in [0.2, 0.25) is 0 Å². The van der Waals surface area contributed by atoms with Gasteiger partial charge >= 0.3 is 0 Å². The molecular weight excluding hydrogens is 437 g/mol. The third-order valence-corrected chi connectivity index (χ3v) is 5.29. The number of pyridine rings is 1. The lowest BCUT2D eigenvalue weighted by Crippen LogP contribution is -2.35. The lowest BCUT2D eigenvalue weighted by molar-refractivity contribution is -0.0120. The van der Waals surface area contributed by atoms with Crippen molar-refractivity contribution in [3.63, 3.8) is 0 Å². The summed E-state index contributed by atoms with van der Waals surface area (Å²) in [5, 5.41) is 43.8. The summed E-state index contributed by atoms with van der Waals surface area (Å²) in [5.74, 6) is 0. The number of aromatic nitrogens is 6. The Kier molecular flexibility index (Phi) is 5.97. The average Bonchev–Trinajstić information content (AvgIpc) is 3.44. The number of hydrogen-bond donors (Lipinski definition) is 2. The number of hydrogen-bond acceptors (Lipinski definition) is 8. The molecule has 0 bridgehead atoms. The van der Waals surface area contributed by atoms with Gasteiger partial charge in [-0.1, -0.05) is 5.21 Å². The van der Waals surface area contributed by atoms with Gasteiger partial charge in [0.25, 0.3) is 0 Å². The molecule has 0 radical (unpaired) electrons. The summed E-state index contributed by atoms with van der Waals surface area (Å²) in [6.45, 7) is 4.34. The summed E-state index contributed by atoms with van der Waals surface area (Å²) in [4.78, 5) is 4.55. The van der Waals surface area contributed by atoms with E-state index in [-0.39, 0.29) is 6.54 Å². The van der Waals surface area contributed by atoms with Gasteiger partial charge in [0.2, 0.25) is 0 Å². The molecule has 10 nitrogen and oxygen atoms in total. The quantitative estimate of drug-likeness (QED) is 0.430. The van der Waals surface area contributed by atoms with E-state index in [4.69, 9.17) is 5.26 Å². The molecule has 0 fully saturated rings. The third kappa shape index (κ3) is 4.56. The fraction of sp³-hybridized carbons (Fsp3) is 0.304. The van der Waals surface area contributed by atoms with E-state index in [1.165, 1.54) is 24.7 Å². The lowest BCUT2D eigenvalue weighted by Gasteiger charge is -2.21. The van der Waals surface area contributed by atoms with Gasteiger partial charge in [0.05, 0.1) is 53.1 Å². The number of nitrogens with one attached hydrogen (secondary N) is 1. The van der Waals surface area contributed by atoms with E-state index in [1.54, 1.807) is 36.0 Å². The van der Waals surface area contributed by atoms with E-state index < -0.39 is 17.8 Å². The Bertz CT molecular complexity index is 1420. The number of aliphatic hydroxyl groups is 1. The minimum Gasteiger partial charge on any atom is -0.387 e. The minimum absolute atomic E-state index is 0.161. The van der Waals surface area contributed by atoms with Crippen molar-refractivity contribution in [3.8, 4) is 34.8 Å². The molecular formula is C23H22FN9O. The van der Waals surface area contributed by atoms with Gasteiger partial charge in [-0.05, 0) is 45.0 Å². The Hall–Kier alpha value is -4.35. The lowest BCUT2D eigenvalue weighted by atomic mass is 10.0. The van der Waals surface area contributed by atoms with Crippen LogP contribution in [-0.4, -0.2) is 52.5 Å². The molecule has 11 heteroatoms. The molecule has 0 aromatic carbocycles. The Morgan fingerprint density at radius 1 is 1.21 bits per heavy atom. The molecule has 0 spiro atoms. The molecule has 2 N–H and O–H groups in total. The maximum Gasteiger partial charge on any atom is 0.148 e. The van der Waals surface area contributed by atoms with Crippen LogP contribution in [0.4, 0.5) is 10.1 Å². The molecule has 2 atom stereocenters. The SMILES string of the molecule is C[C@H](C#N)Nc1cc(-c2ccc3cc(C#N)cnn23)ncc1-c1cn(C[C@@H](F)C(C)(C)O)nn1. The van der Waals surface area contributed by atoms with Gasteiger partial charge in [0.15, 0.2) is 0 Å². The molecule has 0 aliphatic rings. The summed E-state index contributed by atoms with van der Waals surface area (Å²) in [6, 6.07) is 10.9. The Morgan fingerprint density at radius 3 is 2.71 bits per heavy atom. The summed E-state index contributed by atoms with van der Waals surface area (Å²) < 4.78 is 17.3. The summed E-state index contributed by atoms with van der Waals surface area (Å²) in [7, 11) is 0. The molecule has 0 aliphatic carbocycles. The van der Waals surface area contributed by atoms with Crippen molar-refractivity contribution in [3.05, 3.63) is 48.4 Å². The molecule has 0 aliphatic heterocycles. The van der Waals surface area contributed by atoms with E-state index in [0.717, 1.165) is 5.52 Å². The first-order chi connectivity index (χ1) is 16.2. The standard InChI is InChI=1S/C23H22FN9O/c1-14(8-25)29-18-7-19(21-5-4-16-6-15(9-26)10-28-33(16)21)27-11-17(18)20-12-32(31-30-20)13-22(24)23(2,3)34/h4-7,10-12,14,22,34H,13H2,1-3H3,(H,27,29)/t14-,22-/m1/s1. The first-order valence-electron chi connectivity index (χ1n) is 10.5. The van der Waals surface area contributed by atoms with Crippen LogP contribution < -0.4 is 5.32 Å². The Labute approximate surface area is 194 Å². The fourth-order valence-electron chi connectivity index (χ4n) is 3.34. The van der Waals surface area contributed by atoms with Crippen molar-refractivity contribution in [1.82, 2.24) is 29.6 Å². The highest BCUT2D eigenvalue weighted by Gasteiger charge is 2.27. The number of rotatable bonds is 7. The van der Waals surface area contributed by atoms with Crippen LogP contribution in [0.3, 0.4) is 0 Å². The van der Waals surface area contributed by atoms with Gasteiger partial charge in [0.1, 0.15) is 24.0 Å². The average molecular weight is 459 g/mol. The highest BCUT2D eigenvalue weighted by molar-refractivity contribution is 5.79. The molecule has 172 valence electrons. The van der Waals surface area contributed by atoms with E-state index in [9.17, 15) is 14.8 Å². The van der Waals surface area contributed by atoms with Crippen molar-refractivity contribution < 1.29 is 9.50 Å². The van der Waals surface area contributed by atoms with Crippen LogP contribution in [0.25, 0.3) is 28.2 Å². The number of nitrogens with zero attached hydrogens (tertiary/aromatic N) is 8. The van der Waals surface area contributed by atoms with Crippen LogP contribution in [0.15, 0.2) is 42.9 Å². The number of nitriles is 2. The molecule has 4 aromatic rings. The van der Waals surface area contributed by atoms with E-state index >= 15 is 0 Å². The molecule has 0 saturated carbocycles. The number of alkyl halides is 1. The van der Waals surface area contributed by atoms with E-state index in [0.29, 0.717) is 33.9 Å². The zero-order valence-electron chi connectivity index (χ0n) is 18.8. The third-order valence-electron chi connectivity index (χ3n) is 5.29. The van der Waals surface area contributed by atoms with Crippen molar-refractivity contribution in [2.75, 3.05) is 5.32 Å². The van der Waals surface area contributed by atoms with Crippen molar-refractivity contribution in [1.29, 1.82) is 10.5 Å². The Morgan fingerprint density at radius 2 is 2.00 bits per heavy atom. The van der Waals surface area contributed by atoms with Crippen LogP contribution >= 0.6 is 0 Å². The maximum atomic E-state index is 14.3. The topological polar surface area (TPSA) is 141 Å². The molecule has 0 amide bonds. The van der Waals surface area contributed by atoms with Crippen molar-refractivity contribution in [2.24, 2.45) is 0 Å². The molecule has 4 rings (SSSR count). The highest BCUT2D eigenvalue weighted by atomic mass is 19.1. The van der Waals surface area contributed by atoms with Crippen LogP contribution in [-0.2, 0) is 6.54 Å². The molecule has 0 saturated heterocycles. The predicted octanol–water partition coefficient (Wildman–Crippen LogP) is 2.96. The summed E-state index contributed by atoms with van der Waals surface area (Å²) in [5.41, 5.74) is 2.59. The summed E-state index contributed by atoms with van der Waals surface area (Å²) in [6.07, 6.45) is 3.11. The zero-order valence-corrected chi connectivity index (χ0v) is 18.8. The molecule has 34 heavy (non-hydrogen) atoms. The molecule has 0 unspecified atom stereocenters. The number of fused-ring (bicyclic) bond motifs is 1. The first kappa shape index (κ1) is 22.8. The largest absolute Gasteiger partial charge is 0.387 e. The van der Waals surface area contributed by atoms with Gasteiger partial charge in [-0.2, -0.15) is 15.6 Å². The Balaban J connectivity index is 1.73. The second-order valence-electron chi connectivity index (χ2n) is 8.47. The van der Waals surface area contributed by atoms with Crippen molar-refractivity contribution >= 4 is 11.2 Å². The van der Waals surface area contributed by atoms with Gasteiger partial charge in [-0.15, -0.1) is 5.10 Å². The molecule has 4 aromatic heterocycles. The monoisotopic (exact) mass is 459 g/mol. The van der Waals surface area contributed by atoms with E-state index in [2.05, 4.69) is 37.8 Å². The highest BCUT2D eigenvalue weighted by Crippen LogP contribution is 2.31. The normalized spacial score (nSPS) is 13.3. The number of halogens is 1. The number of anilines is 1. The minimum atomic E-state index is -1.53. The van der Waals surface area contributed by atoms with Crippen LogP contribution in [0.1, 0.15) is 26.3 Å². The summed E-state index contributed by atoms with van der Waals surface area (Å²) >= 11 is 0. The smallest absolute Gasteiger partial charge is 0.148 e. The predicted molar refractivity (Wildman–Crippen MR) is 122 cm³/mol. The van der Waals surface area contributed by atoms with Gasteiger partial charge in [-0.3, -0.25) is 4.98 Å². The van der Waals surface area contributed by atoms with Gasteiger partial charge in [0, 0.05) is 17.4 Å². The van der Waals surface area contributed by atoms with Crippen LogP contribution in [0, 0.1) is 22.7 Å². The van der Waals surface area contributed by atoms with Gasteiger partial charge in [-0.25, -0.2) is 13.6 Å². The van der Waals surface area contributed by atoms with Gasteiger partial charge < -0.3 is 10.4 Å². The van der Waals surface area contributed by atoms with E-state index in [1.807, 2.05) is 12.1 Å². The zero-order chi connectivity index (χ0) is 24.5.